The number of phenols is 1. The van der Waals surface area contributed by atoms with Crippen LogP contribution in [0, 0.1) is 0 Å². The quantitative estimate of drug-likeness (QED) is 0.848. The fourth-order valence-electron chi connectivity index (χ4n) is 1.51. The molecule has 0 amide bonds. The summed E-state index contributed by atoms with van der Waals surface area (Å²) < 4.78 is 5.54. The maximum atomic E-state index is 9.16. The lowest BCUT2D eigenvalue weighted by Crippen LogP contribution is -1.96. The van der Waals surface area contributed by atoms with E-state index in [1.54, 1.807) is 18.3 Å². The van der Waals surface area contributed by atoms with Gasteiger partial charge < -0.3 is 14.6 Å². The summed E-state index contributed by atoms with van der Waals surface area (Å²) in [6.07, 6.45) is 2.23. The van der Waals surface area contributed by atoms with Gasteiger partial charge in [-0.25, -0.2) is 4.98 Å². The van der Waals surface area contributed by atoms with Crippen LogP contribution >= 0.6 is 0 Å². The number of aromatic hydroxyl groups is 1. The van der Waals surface area contributed by atoms with Gasteiger partial charge in [0.15, 0.2) is 5.89 Å². The SMILES string of the molecule is CC(CO)c1cnc(Cc2ccc(O)cc2)o1. The van der Waals surface area contributed by atoms with Gasteiger partial charge in [-0.05, 0) is 17.7 Å². The van der Waals surface area contributed by atoms with E-state index in [0.717, 1.165) is 5.56 Å². The van der Waals surface area contributed by atoms with E-state index in [9.17, 15) is 0 Å². The maximum Gasteiger partial charge on any atom is 0.198 e. The summed E-state index contributed by atoms with van der Waals surface area (Å²) in [5.74, 6) is 1.53. The number of aliphatic hydroxyl groups is 1. The molecule has 2 rings (SSSR count). The van der Waals surface area contributed by atoms with Crippen LogP contribution in [0.5, 0.6) is 5.75 Å². The Bertz CT molecular complexity index is 476. The molecular formula is C13H15NO3. The molecule has 0 bridgehead atoms. The molecule has 0 aliphatic heterocycles. The van der Waals surface area contributed by atoms with Gasteiger partial charge in [0.25, 0.3) is 0 Å². The first kappa shape index (κ1) is 11.7. The highest BCUT2D eigenvalue weighted by molar-refractivity contribution is 5.27. The predicted octanol–water partition coefficient (Wildman–Crippen LogP) is 2.07. The average Bonchev–Trinajstić information content (AvgIpc) is 2.80. The number of oxazole rings is 1. The van der Waals surface area contributed by atoms with Gasteiger partial charge in [0.1, 0.15) is 11.5 Å². The van der Waals surface area contributed by atoms with Crippen LogP contribution < -0.4 is 0 Å². The first-order valence-corrected chi connectivity index (χ1v) is 5.52. The molecule has 0 saturated heterocycles. The van der Waals surface area contributed by atoms with Crippen molar-refractivity contribution in [2.24, 2.45) is 0 Å². The third-order valence-corrected chi connectivity index (χ3v) is 2.62. The maximum absolute atomic E-state index is 9.16. The van der Waals surface area contributed by atoms with Crippen LogP contribution in [-0.2, 0) is 6.42 Å². The topological polar surface area (TPSA) is 66.5 Å². The molecule has 0 aliphatic carbocycles. The first-order chi connectivity index (χ1) is 8.19. The molecule has 90 valence electrons. The Morgan fingerprint density at radius 3 is 2.65 bits per heavy atom. The lowest BCUT2D eigenvalue weighted by Gasteiger charge is -2.01. The molecule has 4 heteroatoms. The molecule has 1 aromatic carbocycles. The highest BCUT2D eigenvalue weighted by atomic mass is 16.4. The lowest BCUT2D eigenvalue weighted by molar-refractivity contribution is 0.255. The normalized spacial score (nSPS) is 12.6. The minimum Gasteiger partial charge on any atom is -0.508 e. The number of phenolic OH excluding ortho intramolecular Hbond substituents is 1. The van der Waals surface area contributed by atoms with Crippen LogP contribution in [-0.4, -0.2) is 21.8 Å². The summed E-state index contributed by atoms with van der Waals surface area (Å²) >= 11 is 0. The predicted molar refractivity (Wildman–Crippen MR) is 62.9 cm³/mol. The fraction of sp³-hybridized carbons (Fsp3) is 0.308. The van der Waals surface area contributed by atoms with Crippen LogP contribution in [0.15, 0.2) is 34.9 Å². The largest absolute Gasteiger partial charge is 0.508 e. The van der Waals surface area contributed by atoms with Crippen molar-refractivity contribution in [2.75, 3.05) is 6.61 Å². The van der Waals surface area contributed by atoms with E-state index < -0.39 is 0 Å². The fourth-order valence-corrected chi connectivity index (χ4v) is 1.51. The molecule has 4 nitrogen and oxygen atoms in total. The highest BCUT2D eigenvalue weighted by Crippen LogP contribution is 2.18. The minimum atomic E-state index is -0.0314. The third kappa shape index (κ3) is 2.85. The van der Waals surface area contributed by atoms with E-state index in [4.69, 9.17) is 14.6 Å². The summed E-state index contributed by atoms with van der Waals surface area (Å²) in [6, 6.07) is 6.93. The van der Waals surface area contributed by atoms with Crippen LogP contribution in [0.2, 0.25) is 0 Å². The van der Waals surface area contributed by atoms with E-state index >= 15 is 0 Å². The summed E-state index contributed by atoms with van der Waals surface area (Å²) in [5.41, 5.74) is 1.02. The molecule has 0 aliphatic rings. The van der Waals surface area contributed by atoms with Gasteiger partial charge >= 0.3 is 0 Å². The summed E-state index contributed by atoms with van der Waals surface area (Å²) in [4.78, 5) is 4.16. The Morgan fingerprint density at radius 1 is 1.29 bits per heavy atom. The Kier molecular flexibility index (Phi) is 3.44. The summed E-state index contributed by atoms with van der Waals surface area (Å²) in [6.45, 7) is 1.93. The Morgan fingerprint density at radius 2 is 2.00 bits per heavy atom. The van der Waals surface area contributed by atoms with Gasteiger partial charge in [-0.1, -0.05) is 19.1 Å². The lowest BCUT2D eigenvalue weighted by atomic mass is 10.1. The highest BCUT2D eigenvalue weighted by Gasteiger charge is 2.10. The van der Waals surface area contributed by atoms with Crippen molar-refractivity contribution in [3.63, 3.8) is 0 Å². The summed E-state index contributed by atoms with van der Waals surface area (Å²) in [7, 11) is 0. The zero-order valence-electron chi connectivity index (χ0n) is 9.63. The van der Waals surface area contributed by atoms with Gasteiger partial charge in [0.2, 0.25) is 0 Å². The number of benzene rings is 1. The molecule has 0 saturated carbocycles. The van der Waals surface area contributed by atoms with Crippen LogP contribution in [0.1, 0.15) is 30.1 Å². The first-order valence-electron chi connectivity index (χ1n) is 5.52. The molecule has 2 N–H and O–H groups in total. The number of hydrogen-bond acceptors (Lipinski definition) is 4. The second-order valence-corrected chi connectivity index (χ2v) is 4.08. The smallest absolute Gasteiger partial charge is 0.198 e. The number of nitrogens with zero attached hydrogens (tertiary/aromatic N) is 1. The minimum absolute atomic E-state index is 0.0314. The molecule has 17 heavy (non-hydrogen) atoms. The summed E-state index contributed by atoms with van der Waals surface area (Å²) in [5, 5.41) is 18.2. The van der Waals surface area contributed by atoms with Crippen molar-refractivity contribution in [2.45, 2.75) is 19.3 Å². The average molecular weight is 233 g/mol. The molecule has 2 aromatic rings. The van der Waals surface area contributed by atoms with E-state index in [0.29, 0.717) is 18.1 Å². The molecule has 0 spiro atoms. The van der Waals surface area contributed by atoms with Crippen LogP contribution in [0.3, 0.4) is 0 Å². The van der Waals surface area contributed by atoms with Gasteiger partial charge in [-0.2, -0.15) is 0 Å². The monoisotopic (exact) mass is 233 g/mol. The van der Waals surface area contributed by atoms with Crippen molar-refractivity contribution in [3.8, 4) is 5.75 Å². The number of rotatable bonds is 4. The van der Waals surface area contributed by atoms with Crippen LogP contribution in [0.25, 0.3) is 0 Å². The zero-order valence-corrected chi connectivity index (χ0v) is 9.63. The Balaban J connectivity index is 2.08. The standard InChI is InChI=1S/C13H15NO3/c1-9(8-15)12-7-14-13(17-12)6-10-2-4-11(16)5-3-10/h2-5,7,9,15-16H,6,8H2,1H3. The van der Waals surface area contributed by atoms with Gasteiger partial charge in [0, 0.05) is 12.3 Å². The molecule has 1 aromatic heterocycles. The molecular weight excluding hydrogens is 218 g/mol. The Hall–Kier alpha value is -1.81. The molecule has 0 radical (unpaired) electrons. The van der Waals surface area contributed by atoms with E-state index in [-0.39, 0.29) is 18.3 Å². The van der Waals surface area contributed by atoms with Gasteiger partial charge in [0.05, 0.1) is 12.8 Å². The second kappa shape index (κ2) is 5.01. The zero-order chi connectivity index (χ0) is 12.3. The van der Waals surface area contributed by atoms with Crippen molar-refractivity contribution in [3.05, 3.63) is 47.7 Å². The van der Waals surface area contributed by atoms with Gasteiger partial charge in [-0.3, -0.25) is 0 Å². The van der Waals surface area contributed by atoms with Crippen LogP contribution in [0.4, 0.5) is 0 Å². The molecule has 1 unspecified atom stereocenters. The number of aliphatic hydroxyl groups excluding tert-OH is 1. The Labute approximate surface area is 99.6 Å². The molecule has 1 atom stereocenters. The van der Waals surface area contributed by atoms with Crippen molar-refractivity contribution >= 4 is 0 Å². The third-order valence-electron chi connectivity index (χ3n) is 2.62. The number of hydrogen-bond donors (Lipinski definition) is 2. The molecule has 0 fully saturated rings. The van der Waals surface area contributed by atoms with Crippen molar-refractivity contribution in [1.29, 1.82) is 0 Å². The molecule has 1 heterocycles. The van der Waals surface area contributed by atoms with Crippen molar-refractivity contribution in [1.82, 2.24) is 4.98 Å². The van der Waals surface area contributed by atoms with Crippen molar-refractivity contribution < 1.29 is 14.6 Å². The van der Waals surface area contributed by atoms with E-state index in [2.05, 4.69) is 4.98 Å². The number of aromatic nitrogens is 1. The van der Waals surface area contributed by atoms with Gasteiger partial charge in [-0.15, -0.1) is 0 Å². The second-order valence-electron chi connectivity index (χ2n) is 4.08. The van der Waals surface area contributed by atoms with E-state index in [1.807, 2.05) is 19.1 Å². The van der Waals surface area contributed by atoms with E-state index in [1.165, 1.54) is 0 Å².